The molecule has 3 rings (SSSR count). The van der Waals surface area contributed by atoms with E-state index in [-0.39, 0.29) is 17.3 Å². The molecule has 25 heavy (non-hydrogen) atoms. The number of benzene rings is 2. The van der Waals surface area contributed by atoms with E-state index in [1.54, 1.807) is 25.3 Å². The molecule has 0 radical (unpaired) electrons. The van der Waals surface area contributed by atoms with Crippen molar-refractivity contribution in [3.8, 4) is 5.75 Å². The molecule has 0 saturated carbocycles. The third kappa shape index (κ3) is 3.80. The number of nitrogens with zero attached hydrogens (tertiary/aromatic N) is 2. The average molecular weight is 359 g/mol. The molecular formula is C17H17N3O4S. The number of nitrogens with one attached hydrogen (secondary N) is 1. The number of hydrogen-bond donors (Lipinski definition) is 1. The fourth-order valence-corrected chi connectivity index (χ4v) is 3.52. The van der Waals surface area contributed by atoms with E-state index in [1.807, 2.05) is 24.3 Å². The van der Waals surface area contributed by atoms with E-state index in [0.717, 1.165) is 5.56 Å². The van der Waals surface area contributed by atoms with Gasteiger partial charge in [0.1, 0.15) is 23.5 Å². The quantitative estimate of drug-likeness (QED) is 0.875. The summed E-state index contributed by atoms with van der Waals surface area (Å²) in [5, 5.41) is 2.80. The SMILES string of the molecule is COc1cccc(CNC(=O)CN2C=NS(=O)(=O)c3ccccc32)c1. The average Bonchev–Trinajstić information content (AvgIpc) is 2.63. The Kier molecular flexibility index (Phi) is 4.71. The van der Waals surface area contributed by atoms with Gasteiger partial charge in [-0.05, 0) is 29.8 Å². The minimum absolute atomic E-state index is 0.0278. The number of rotatable bonds is 5. The summed E-state index contributed by atoms with van der Waals surface area (Å²) >= 11 is 0. The fraction of sp³-hybridized carbons (Fsp3) is 0.176. The Hall–Kier alpha value is -2.87. The van der Waals surface area contributed by atoms with E-state index >= 15 is 0 Å². The first-order chi connectivity index (χ1) is 12.0. The predicted octanol–water partition coefficient (Wildman–Crippen LogP) is 1.55. The van der Waals surface area contributed by atoms with Crippen LogP contribution in [0.25, 0.3) is 0 Å². The van der Waals surface area contributed by atoms with Crippen LogP contribution in [0, 0.1) is 0 Å². The lowest BCUT2D eigenvalue weighted by Gasteiger charge is -2.24. The normalized spacial score (nSPS) is 14.7. The van der Waals surface area contributed by atoms with Gasteiger partial charge in [-0.3, -0.25) is 4.79 Å². The molecule has 0 saturated heterocycles. The summed E-state index contributed by atoms with van der Waals surface area (Å²) in [5.74, 6) is 0.470. The molecule has 0 spiro atoms. The van der Waals surface area contributed by atoms with Crippen molar-refractivity contribution in [3.63, 3.8) is 0 Å². The lowest BCUT2D eigenvalue weighted by Crippen LogP contribution is -2.38. The van der Waals surface area contributed by atoms with Gasteiger partial charge in [0.05, 0.1) is 12.8 Å². The van der Waals surface area contributed by atoms with Crippen LogP contribution in [0.15, 0.2) is 57.8 Å². The zero-order valence-electron chi connectivity index (χ0n) is 13.5. The van der Waals surface area contributed by atoms with Crippen LogP contribution in [0.2, 0.25) is 0 Å². The molecule has 0 bridgehead atoms. The predicted molar refractivity (Wildman–Crippen MR) is 94.3 cm³/mol. The van der Waals surface area contributed by atoms with Gasteiger partial charge in [-0.25, -0.2) is 0 Å². The van der Waals surface area contributed by atoms with E-state index < -0.39 is 10.0 Å². The maximum Gasteiger partial charge on any atom is 0.285 e. The molecule has 1 N–H and O–H groups in total. The van der Waals surface area contributed by atoms with Crippen molar-refractivity contribution < 1.29 is 17.9 Å². The highest BCUT2D eigenvalue weighted by Gasteiger charge is 2.25. The van der Waals surface area contributed by atoms with Crippen LogP contribution in [0.1, 0.15) is 5.56 Å². The van der Waals surface area contributed by atoms with Gasteiger partial charge < -0.3 is 15.0 Å². The minimum Gasteiger partial charge on any atom is -0.497 e. The molecule has 1 aliphatic heterocycles. The Bertz CT molecular complexity index is 925. The maximum absolute atomic E-state index is 12.2. The number of ether oxygens (including phenoxy) is 1. The Morgan fingerprint density at radius 1 is 1.20 bits per heavy atom. The standard InChI is InChI=1S/C17H17N3O4S/c1-24-14-6-4-5-13(9-14)10-18-17(21)11-20-12-19-25(22,23)16-8-3-2-7-15(16)20/h2-9,12H,10-11H2,1H3,(H,18,21). The van der Waals surface area contributed by atoms with Crippen LogP contribution >= 0.6 is 0 Å². The fourth-order valence-electron chi connectivity index (χ4n) is 2.47. The minimum atomic E-state index is -3.69. The highest BCUT2D eigenvalue weighted by Crippen LogP contribution is 2.28. The van der Waals surface area contributed by atoms with Gasteiger partial charge >= 0.3 is 0 Å². The number of sulfonamides is 1. The lowest BCUT2D eigenvalue weighted by atomic mass is 10.2. The zero-order valence-corrected chi connectivity index (χ0v) is 14.4. The van der Waals surface area contributed by atoms with Crippen molar-refractivity contribution in [2.75, 3.05) is 18.6 Å². The van der Waals surface area contributed by atoms with Crippen LogP contribution < -0.4 is 15.0 Å². The number of fused-ring (bicyclic) bond motifs is 1. The highest BCUT2D eigenvalue weighted by atomic mass is 32.2. The largest absolute Gasteiger partial charge is 0.497 e. The summed E-state index contributed by atoms with van der Waals surface area (Å²) < 4.78 is 32.6. The summed E-state index contributed by atoms with van der Waals surface area (Å²) in [6.45, 7) is 0.320. The van der Waals surface area contributed by atoms with E-state index in [9.17, 15) is 13.2 Å². The third-order valence-corrected chi connectivity index (χ3v) is 4.99. The van der Waals surface area contributed by atoms with Gasteiger partial charge in [0, 0.05) is 6.54 Å². The van der Waals surface area contributed by atoms with Gasteiger partial charge in [0.25, 0.3) is 10.0 Å². The first-order valence-electron chi connectivity index (χ1n) is 7.55. The van der Waals surface area contributed by atoms with Gasteiger partial charge in [-0.2, -0.15) is 8.42 Å². The Balaban J connectivity index is 1.67. The molecule has 0 unspecified atom stereocenters. The second-order valence-corrected chi connectivity index (χ2v) is 7.02. The molecule has 1 heterocycles. The Morgan fingerprint density at radius 2 is 2.00 bits per heavy atom. The topological polar surface area (TPSA) is 88.1 Å². The molecule has 0 atom stereocenters. The van der Waals surface area contributed by atoms with Gasteiger partial charge in [-0.1, -0.05) is 24.3 Å². The van der Waals surface area contributed by atoms with Crippen molar-refractivity contribution in [3.05, 3.63) is 54.1 Å². The monoisotopic (exact) mass is 359 g/mol. The van der Waals surface area contributed by atoms with E-state index in [4.69, 9.17) is 4.74 Å². The third-order valence-electron chi connectivity index (χ3n) is 3.72. The van der Waals surface area contributed by atoms with Crippen molar-refractivity contribution in [2.45, 2.75) is 11.4 Å². The smallest absolute Gasteiger partial charge is 0.285 e. The summed E-state index contributed by atoms with van der Waals surface area (Å²) in [5.41, 5.74) is 1.34. The second kappa shape index (κ2) is 6.94. The van der Waals surface area contributed by atoms with Crippen molar-refractivity contribution >= 4 is 28.0 Å². The first-order valence-corrected chi connectivity index (χ1v) is 8.99. The number of hydrogen-bond acceptors (Lipinski definition) is 5. The number of anilines is 1. The molecule has 1 aliphatic rings. The Morgan fingerprint density at radius 3 is 2.80 bits per heavy atom. The highest BCUT2D eigenvalue weighted by molar-refractivity contribution is 7.90. The number of amides is 1. The van der Waals surface area contributed by atoms with Crippen molar-refractivity contribution in [1.29, 1.82) is 0 Å². The summed E-state index contributed by atoms with van der Waals surface area (Å²) in [6, 6.07) is 13.9. The molecule has 0 aromatic heterocycles. The molecule has 2 aromatic rings. The van der Waals surface area contributed by atoms with E-state index in [2.05, 4.69) is 9.71 Å². The molecular weight excluding hydrogens is 342 g/mol. The molecule has 0 fully saturated rings. The lowest BCUT2D eigenvalue weighted by molar-refractivity contribution is -0.119. The van der Waals surface area contributed by atoms with Crippen molar-refractivity contribution in [1.82, 2.24) is 5.32 Å². The molecule has 130 valence electrons. The Labute approximate surface area is 146 Å². The van der Waals surface area contributed by atoms with E-state index in [0.29, 0.717) is 18.0 Å². The number of carbonyl (C=O) groups is 1. The number of para-hydroxylation sites is 1. The van der Waals surface area contributed by atoms with Crippen LogP contribution in [0.5, 0.6) is 5.75 Å². The first kappa shape index (κ1) is 17.0. The van der Waals surface area contributed by atoms with Crippen LogP contribution in [0.3, 0.4) is 0 Å². The van der Waals surface area contributed by atoms with Crippen molar-refractivity contribution in [2.24, 2.45) is 4.40 Å². The van der Waals surface area contributed by atoms with Crippen LogP contribution in [-0.2, 0) is 21.4 Å². The second-order valence-electron chi connectivity index (χ2n) is 5.42. The van der Waals surface area contributed by atoms with Gasteiger partial charge in [-0.15, -0.1) is 4.40 Å². The molecule has 2 aromatic carbocycles. The molecule has 0 aliphatic carbocycles. The van der Waals surface area contributed by atoms with Crippen LogP contribution in [0.4, 0.5) is 5.69 Å². The van der Waals surface area contributed by atoms with Gasteiger partial charge in [0.2, 0.25) is 5.91 Å². The molecule has 7 nitrogen and oxygen atoms in total. The molecule has 1 amide bonds. The van der Waals surface area contributed by atoms with E-state index in [1.165, 1.54) is 17.3 Å². The van der Waals surface area contributed by atoms with Gasteiger partial charge in [0.15, 0.2) is 0 Å². The summed E-state index contributed by atoms with van der Waals surface area (Å²) in [4.78, 5) is 13.8. The summed E-state index contributed by atoms with van der Waals surface area (Å²) in [7, 11) is -2.11. The van der Waals surface area contributed by atoms with Crippen LogP contribution in [-0.4, -0.2) is 34.3 Å². The molecule has 8 heteroatoms. The number of methoxy groups -OCH3 is 1. The summed E-state index contributed by atoms with van der Waals surface area (Å²) in [6.07, 6.45) is 1.17. The number of carbonyl (C=O) groups excluding carboxylic acids is 1. The zero-order chi connectivity index (χ0) is 17.9. The maximum atomic E-state index is 12.2.